The molecule has 0 bridgehead atoms. The molecular formula is C17H19F3IN3. The molecule has 7 heteroatoms. The summed E-state index contributed by atoms with van der Waals surface area (Å²) < 4.78 is 41.1. The van der Waals surface area contributed by atoms with Crippen LogP contribution in [0.3, 0.4) is 0 Å². The van der Waals surface area contributed by atoms with Crippen LogP contribution in [0, 0.1) is 0 Å². The highest BCUT2D eigenvalue weighted by Gasteiger charge is 2.33. The standard InChI is InChI=1S/C17H19F3IN3/c1-2-11-9-13(3-4-14(11)17(18,19)20)15-10-24(21)16(23-15)12-5-7-22-8-6-12/h3-4,9-10,12,22H,2,5-8H2,1H3. The lowest BCUT2D eigenvalue weighted by Crippen LogP contribution is -2.27. The Morgan fingerprint density at radius 3 is 2.62 bits per heavy atom. The highest BCUT2D eigenvalue weighted by atomic mass is 127. The quantitative estimate of drug-likeness (QED) is 0.683. The molecule has 3 rings (SSSR count). The predicted molar refractivity (Wildman–Crippen MR) is 96.3 cm³/mol. The summed E-state index contributed by atoms with van der Waals surface area (Å²) in [7, 11) is 0. The van der Waals surface area contributed by atoms with Crippen molar-refractivity contribution in [2.45, 2.75) is 38.3 Å². The van der Waals surface area contributed by atoms with Crippen molar-refractivity contribution in [1.29, 1.82) is 0 Å². The van der Waals surface area contributed by atoms with Crippen LogP contribution in [0.15, 0.2) is 24.4 Å². The number of alkyl halides is 3. The largest absolute Gasteiger partial charge is 0.416 e. The van der Waals surface area contributed by atoms with Crippen LogP contribution in [0.5, 0.6) is 0 Å². The molecule has 0 saturated carbocycles. The third kappa shape index (κ3) is 3.61. The summed E-state index contributed by atoms with van der Waals surface area (Å²) in [4.78, 5) is 4.72. The number of hydrogen-bond donors (Lipinski definition) is 1. The van der Waals surface area contributed by atoms with Crippen molar-refractivity contribution in [3.63, 3.8) is 0 Å². The van der Waals surface area contributed by atoms with Crippen molar-refractivity contribution in [2.24, 2.45) is 0 Å². The smallest absolute Gasteiger partial charge is 0.317 e. The van der Waals surface area contributed by atoms with Gasteiger partial charge in [0.1, 0.15) is 5.82 Å². The molecule has 1 aromatic carbocycles. The van der Waals surface area contributed by atoms with Gasteiger partial charge in [-0.2, -0.15) is 13.2 Å². The molecule has 0 spiro atoms. The highest BCUT2D eigenvalue weighted by Crippen LogP contribution is 2.35. The van der Waals surface area contributed by atoms with Crippen LogP contribution in [0.25, 0.3) is 11.3 Å². The van der Waals surface area contributed by atoms with Crippen molar-refractivity contribution in [1.82, 2.24) is 13.1 Å². The van der Waals surface area contributed by atoms with E-state index in [0.29, 0.717) is 17.9 Å². The number of rotatable bonds is 3. The van der Waals surface area contributed by atoms with Gasteiger partial charge in [-0.25, -0.2) is 4.98 Å². The molecule has 24 heavy (non-hydrogen) atoms. The van der Waals surface area contributed by atoms with Crippen LogP contribution >= 0.6 is 22.9 Å². The Morgan fingerprint density at radius 2 is 2.00 bits per heavy atom. The zero-order valence-electron chi connectivity index (χ0n) is 13.3. The fraction of sp³-hybridized carbons (Fsp3) is 0.471. The van der Waals surface area contributed by atoms with E-state index in [-0.39, 0.29) is 0 Å². The molecule has 0 unspecified atom stereocenters. The van der Waals surface area contributed by atoms with Crippen molar-refractivity contribution in [3.05, 3.63) is 41.3 Å². The molecule has 1 N–H and O–H groups in total. The summed E-state index contributed by atoms with van der Waals surface area (Å²) in [6.07, 6.45) is 0.000842. The normalized spacial score (nSPS) is 16.5. The lowest BCUT2D eigenvalue weighted by molar-refractivity contribution is -0.138. The maximum atomic E-state index is 13.1. The third-order valence-corrected chi connectivity index (χ3v) is 5.25. The lowest BCUT2D eigenvalue weighted by Gasteiger charge is -2.21. The Morgan fingerprint density at radius 1 is 1.29 bits per heavy atom. The van der Waals surface area contributed by atoms with Gasteiger partial charge in [0.25, 0.3) is 0 Å². The van der Waals surface area contributed by atoms with Gasteiger partial charge >= 0.3 is 6.18 Å². The van der Waals surface area contributed by atoms with E-state index < -0.39 is 11.7 Å². The molecule has 1 aromatic heterocycles. The molecule has 1 aliphatic heterocycles. The number of aromatic nitrogens is 2. The van der Waals surface area contributed by atoms with Gasteiger partial charge in [0.05, 0.1) is 34.1 Å². The first-order valence-corrected chi connectivity index (χ1v) is 9.03. The van der Waals surface area contributed by atoms with Crippen molar-refractivity contribution >= 4 is 22.9 Å². The van der Waals surface area contributed by atoms with Crippen molar-refractivity contribution in [3.8, 4) is 11.3 Å². The van der Waals surface area contributed by atoms with Gasteiger partial charge in [-0.15, -0.1) is 0 Å². The first-order chi connectivity index (χ1) is 11.4. The Labute approximate surface area is 153 Å². The van der Waals surface area contributed by atoms with E-state index in [1.54, 1.807) is 13.0 Å². The minimum atomic E-state index is -4.31. The maximum Gasteiger partial charge on any atom is 0.416 e. The summed E-state index contributed by atoms with van der Waals surface area (Å²) in [5.41, 5.74) is 1.24. The van der Waals surface area contributed by atoms with Crippen LogP contribution in [0.2, 0.25) is 0 Å². The van der Waals surface area contributed by atoms with Crippen LogP contribution in [-0.2, 0) is 12.6 Å². The zero-order chi connectivity index (χ0) is 17.3. The Hall–Kier alpha value is -1.09. The van der Waals surface area contributed by atoms with Gasteiger partial charge in [0, 0.05) is 17.7 Å². The average molecular weight is 449 g/mol. The molecule has 2 heterocycles. The van der Waals surface area contributed by atoms with Gasteiger partial charge in [-0.1, -0.05) is 13.0 Å². The zero-order valence-corrected chi connectivity index (χ0v) is 15.5. The molecule has 130 valence electrons. The minimum Gasteiger partial charge on any atom is -0.317 e. The predicted octanol–water partition coefficient (Wildman–Crippen LogP) is 4.80. The summed E-state index contributed by atoms with van der Waals surface area (Å²) in [6.45, 7) is 3.69. The summed E-state index contributed by atoms with van der Waals surface area (Å²) >= 11 is 2.20. The van der Waals surface area contributed by atoms with Gasteiger partial charge < -0.3 is 5.32 Å². The number of hydrogen-bond acceptors (Lipinski definition) is 2. The lowest BCUT2D eigenvalue weighted by atomic mass is 9.97. The number of aryl methyl sites for hydroxylation is 1. The topological polar surface area (TPSA) is 29.9 Å². The Balaban J connectivity index is 1.94. The van der Waals surface area contributed by atoms with Gasteiger partial charge in [0.2, 0.25) is 0 Å². The van der Waals surface area contributed by atoms with Crippen LogP contribution in [0.1, 0.15) is 42.6 Å². The van der Waals surface area contributed by atoms with Crippen molar-refractivity contribution in [2.75, 3.05) is 13.1 Å². The van der Waals surface area contributed by atoms with Gasteiger partial charge in [0.15, 0.2) is 0 Å². The van der Waals surface area contributed by atoms with E-state index in [1.807, 2.05) is 8.98 Å². The number of nitrogens with zero attached hydrogens (tertiary/aromatic N) is 2. The minimum absolute atomic E-state index is 0.312. The molecule has 0 aliphatic carbocycles. The second-order valence-electron chi connectivity index (χ2n) is 6.04. The number of nitrogens with one attached hydrogen (secondary N) is 1. The Kier molecular flexibility index (Phi) is 5.19. The molecule has 2 aromatic rings. The molecule has 0 radical (unpaired) electrons. The molecule has 3 nitrogen and oxygen atoms in total. The van der Waals surface area contributed by atoms with Crippen molar-refractivity contribution < 1.29 is 13.2 Å². The summed E-state index contributed by atoms with van der Waals surface area (Å²) in [5, 5.41) is 3.33. The van der Waals surface area contributed by atoms with Crippen LogP contribution < -0.4 is 5.32 Å². The molecular weight excluding hydrogens is 430 g/mol. The first kappa shape index (κ1) is 17.7. The molecule has 1 fully saturated rings. The van der Waals surface area contributed by atoms with Crippen LogP contribution in [0.4, 0.5) is 13.2 Å². The molecule has 0 amide bonds. The second kappa shape index (κ2) is 7.03. The second-order valence-corrected chi connectivity index (χ2v) is 7.08. The van der Waals surface area contributed by atoms with Gasteiger partial charge in [-0.3, -0.25) is 2.78 Å². The van der Waals surface area contributed by atoms with E-state index in [4.69, 9.17) is 4.98 Å². The fourth-order valence-electron chi connectivity index (χ4n) is 3.18. The Bertz CT molecular complexity index is 718. The maximum absolute atomic E-state index is 13.1. The van der Waals surface area contributed by atoms with E-state index in [2.05, 4.69) is 28.2 Å². The molecule has 0 atom stereocenters. The molecule has 1 aliphatic rings. The number of imidazole rings is 1. The SMILES string of the molecule is CCc1cc(-c2cn(I)c(C3CCNCC3)n2)ccc1C(F)(F)F. The molecule has 1 saturated heterocycles. The van der Waals surface area contributed by atoms with Gasteiger partial charge in [-0.05, 0) is 50.0 Å². The van der Waals surface area contributed by atoms with E-state index >= 15 is 0 Å². The van der Waals surface area contributed by atoms with E-state index in [0.717, 1.165) is 43.0 Å². The first-order valence-electron chi connectivity index (χ1n) is 8.06. The van der Waals surface area contributed by atoms with E-state index in [1.165, 1.54) is 12.1 Å². The summed E-state index contributed by atoms with van der Waals surface area (Å²) in [5.74, 6) is 1.40. The summed E-state index contributed by atoms with van der Waals surface area (Å²) in [6, 6.07) is 4.31. The number of benzene rings is 1. The fourth-order valence-corrected chi connectivity index (χ4v) is 3.95. The average Bonchev–Trinajstić information content (AvgIpc) is 2.96. The highest BCUT2D eigenvalue weighted by molar-refractivity contribution is 14.1. The van der Waals surface area contributed by atoms with E-state index in [9.17, 15) is 13.2 Å². The number of piperidine rings is 1. The van der Waals surface area contributed by atoms with Crippen LogP contribution in [-0.4, -0.2) is 20.9 Å². The number of halogens is 4. The monoisotopic (exact) mass is 449 g/mol. The third-order valence-electron chi connectivity index (χ3n) is 4.48.